The first-order valence-electron chi connectivity index (χ1n) is 7.02. The zero-order valence-electron chi connectivity index (χ0n) is 11.3. The lowest BCUT2D eigenvalue weighted by Crippen LogP contribution is -2.20. The summed E-state index contributed by atoms with van der Waals surface area (Å²) in [5.74, 6) is 0.240. The Hall–Kier alpha value is -1.88. The smallest absolute Gasteiger partial charge is 0.326 e. The standard InChI is InChI=1S/C15H18N2O3/c18-10-14-16-12-7-3-4-8-13(12)17(14)9-15(19)20-11-5-1-2-6-11/h3-4,7-8,11,18H,1-2,5-6,9-10H2. The number of imidazole rings is 1. The first kappa shape index (κ1) is 13.1. The number of nitrogens with zero attached hydrogens (tertiary/aromatic N) is 2. The van der Waals surface area contributed by atoms with Crippen molar-refractivity contribution < 1.29 is 14.6 Å². The topological polar surface area (TPSA) is 64.4 Å². The van der Waals surface area contributed by atoms with Crippen molar-refractivity contribution in [3.05, 3.63) is 30.1 Å². The zero-order valence-corrected chi connectivity index (χ0v) is 11.3. The minimum absolute atomic E-state index is 0.0647. The number of aliphatic hydroxyl groups is 1. The average Bonchev–Trinajstić information content (AvgIpc) is 3.07. The second-order valence-electron chi connectivity index (χ2n) is 5.16. The molecule has 1 N–H and O–H groups in total. The van der Waals surface area contributed by atoms with Crippen LogP contribution in [0.5, 0.6) is 0 Å². The van der Waals surface area contributed by atoms with E-state index in [1.807, 2.05) is 24.3 Å². The monoisotopic (exact) mass is 274 g/mol. The van der Waals surface area contributed by atoms with Gasteiger partial charge in [-0.3, -0.25) is 4.79 Å². The fraction of sp³-hybridized carbons (Fsp3) is 0.467. The maximum atomic E-state index is 12.0. The fourth-order valence-corrected chi connectivity index (χ4v) is 2.78. The first-order chi connectivity index (χ1) is 9.78. The maximum absolute atomic E-state index is 12.0. The zero-order chi connectivity index (χ0) is 13.9. The molecule has 5 heteroatoms. The third-order valence-corrected chi connectivity index (χ3v) is 3.76. The van der Waals surface area contributed by atoms with Crippen LogP contribution in [0.2, 0.25) is 0 Å². The fourth-order valence-electron chi connectivity index (χ4n) is 2.78. The van der Waals surface area contributed by atoms with Crippen LogP contribution in [0, 0.1) is 0 Å². The highest BCUT2D eigenvalue weighted by atomic mass is 16.5. The van der Waals surface area contributed by atoms with Gasteiger partial charge in [0.05, 0.1) is 11.0 Å². The lowest BCUT2D eigenvalue weighted by molar-refractivity contribution is -0.149. The summed E-state index contributed by atoms with van der Waals surface area (Å²) in [6.07, 6.45) is 4.25. The van der Waals surface area contributed by atoms with Gasteiger partial charge in [-0.2, -0.15) is 0 Å². The number of aliphatic hydroxyl groups excluding tert-OH is 1. The molecule has 5 nitrogen and oxygen atoms in total. The first-order valence-corrected chi connectivity index (χ1v) is 7.02. The Bertz CT molecular complexity index is 615. The van der Waals surface area contributed by atoms with E-state index in [-0.39, 0.29) is 25.2 Å². The van der Waals surface area contributed by atoms with Crippen LogP contribution < -0.4 is 0 Å². The van der Waals surface area contributed by atoms with Gasteiger partial charge in [0.15, 0.2) is 0 Å². The molecule has 1 aliphatic carbocycles. The average molecular weight is 274 g/mol. The number of aromatic nitrogens is 2. The molecule has 2 aromatic rings. The maximum Gasteiger partial charge on any atom is 0.326 e. The highest BCUT2D eigenvalue weighted by Crippen LogP contribution is 2.22. The molecule has 0 atom stereocenters. The van der Waals surface area contributed by atoms with Gasteiger partial charge in [-0.15, -0.1) is 0 Å². The summed E-state index contributed by atoms with van der Waals surface area (Å²) in [6.45, 7) is -0.0850. The highest BCUT2D eigenvalue weighted by molar-refractivity contribution is 5.78. The molecule has 0 unspecified atom stereocenters. The number of hydrogen-bond acceptors (Lipinski definition) is 4. The van der Waals surface area contributed by atoms with E-state index in [9.17, 15) is 9.90 Å². The second kappa shape index (κ2) is 5.63. The van der Waals surface area contributed by atoms with Crippen molar-refractivity contribution >= 4 is 17.0 Å². The molecule has 0 amide bonds. The van der Waals surface area contributed by atoms with Gasteiger partial charge < -0.3 is 14.4 Å². The van der Waals surface area contributed by atoms with Crippen LogP contribution in [-0.4, -0.2) is 26.7 Å². The van der Waals surface area contributed by atoms with Gasteiger partial charge >= 0.3 is 5.97 Å². The molecule has 0 aliphatic heterocycles. The number of carbonyl (C=O) groups is 1. The Balaban J connectivity index is 1.80. The predicted molar refractivity (Wildman–Crippen MR) is 74.0 cm³/mol. The number of benzene rings is 1. The minimum Gasteiger partial charge on any atom is -0.461 e. The number of carbonyl (C=O) groups excluding carboxylic acids is 1. The largest absolute Gasteiger partial charge is 0.461 e. The molecule has 0 bridgehead atoms. The summed E-state index contributed by atoms with van der Waals surface area (Å²) in [5.41, 5.74) is 1.63. The highest BCUT2D eigenvalue weighted by Gasteiger charge is 2.20. The van der Waals surface area contributed by atoms with Crippen LogP contribution in [0.25, 0.3) is 11.0 Å². The number of rotatable bonds is 4. The molecule has 0 saturated heterocycles. The summed E-state index contributed by atoms with van der Waals surface area (Å²) in [6, 6.07) is 7.54. The van der Waals surface area contributed by atoms with Gasteiger partial charge in [0.1, 0.15) is 25.1 Å². The molecule has 0 radical (unpaired) electrons. The lowest BCUT2D eigenvalue weighted by Gasteiger charge is -2.13. The van der Waals surface area contributed by atoms with E-state index < -0.39 is 0 Å². The van der Waals surface area contributed by atoms with Crippen molar-refractivity contribution in [1.29, 1.82) is 0 Å². The molecule has 1 heterocycles. The Morgan fingerprint density at radius 2 is 2.10 bits per heavy atom. The van der Waals surface area contributed by atoms with Crippen molar-refractivity contribution in [3.63, 3.8) is 0 Å². The van der Waals surface area contributed by atoms with Crippen molar-refractivity contribution in [3.8, 4) is 0 Å². The lowest BCUT2D eigenvalue weighted by atomic mass is 10.3. The van der Waals surface area contributed by atoms with Gasteiger partial charge in [0, 0.05) is 0 Å². The summed E-state index contributed by atoms with van der Waals surface area (Å²) in [7, 11) is 0. The number of hydrogen-bond donors (Lipinski definition) is 1. The van der Waals surface area contributed by atoms with Gasteiger partial charge in [0.25, 0.3) is 0 Å². The summed E-state index contributed by atoms with van der Waals surface area (Å²) >= 11 is 0. The number of fused-ring (bicyclic) bond motifs is 1. The Labute approximate surface area is 117 Å². The van der Waals surface area contributed by atoms with E-state index in [0.717, 1.165) is 36.7 Å². The second-order valence-corrected chi connectivity index (χ2v) is 5.16. The molecular formula is C15H18N2O3. The van der Waals surface area contributed by atoms with E-state index in [0.29, 0.717) is 5.82 Å². The Morgan fingerprint density at radius 1 is 1.35 bits per heavy atom. The molecule has 0 spiro atoms. The summed E-state index contributed by atoms with van der Waals surface area (Å²) < 4.78 is 7.19. The molecule has 1 aromatic carbocycles. The van der Waals surface area contributed by atoms with Crippen LogP contribution in [0.4, 0.5) is 0 Å². The van der Waals surface area contributed by atoms with Crippen molar-refractivity contribution in [2.75, 3.05) is 0 Å². The number of para-hydroxylation sites is 2. The van der Waals surface area contributed by atoms with Crippen LogP contribution in [0.3, 0.4) is 0 Å². The molecule has 1 fully saturated rings. The molecular weight excluding hydrogens is 256 g/mol. The van der Waals surface area contributed by atoms with Crippen molar-refractivity contribution in [2.45, 2.75) is 44.9 Å². The summed E-state index contributed by atoms with van der Waals surface area (Å²) in [4.78, 5) is 16.3. The normalized spacial score (nSPS) is 15.8. The number of ether oxygens (including phenoxy) is 1. The van der Waals surface area contributed by atoms with Gasteiger partial charge in [-0.25, -0.2) is 4.98 Å². The van der Waals surface area contributed by atoms with E-state index in [1.165, 1.54) is 0 Å². The molecule has 1 aromatic heterocycles. The Kier molecular flexibility index (Phi) is 3.69. The van der Waals surface area contributed by atoms with Gasteiger partial charge in [-0.1, -0.05) is 12.1 Å². The van der Waals surface area contributed by atoms with Crippen LogP contribution >= 0.6 is 0 Å². The van der Waals surface area contributed by atoms with E-state index in [4.69, 9.17) is 4.74 Å². The third kappa shape index (κ3) is 2.54. The molecule has 1 saturated carbocycles. The molecule has 106 valence electrons. The molecule has 1 aliphatic rings. The van der Waals surface area contributed by atoms with Crippen molar-refractivity contribution in [2.24, 2.45) is 0 Å². The van der Waals surface area contributed by atoms with Crippen LogP contribution in [0.15, 0.2) is 24.3 Å². The van der Waals surface area contributed by atoms with E-state index >= 15 is 0 Å². The quantitative estimate of drug-likeness (QED) is 0.866. The van der Waals surface area contributed by atoms with Crippen LogP contribution in [-0.2, 0) is 22.7 Å². The third-order valence-electron chi connectivity index (χ3n) is 3.76. The van der Waals surface area contributed by atoms with Crippen molar-refractivity contribution in [1.82, 2.24) is 9.55 Å². The SMILES string of the molecule is O=C(Cn1c(CO)nc2ccccc21)OC1CCCC1. The van der Waals surface area contributed by atoms with Crippen LogP contribution in [0.1, 0.15) is 31.5 Å². The number of esters is 1. The molecule has 20 heavy (non-hydrogen) atoms. The van der Waals surface area contributed by atoms with Gasteiger partial charge in [0.2, 0.25) is 0 Å². The Morgan fingerprint density at radius 3 is 2.85 bits per heavy atom. The van der Waals surface area contributed by atoms with E-state index in [2.05, 4.69) is 4.98 Å². The van der Waals surface area contributed by atoms with E-state index in [1.54, 1.807) is 4.57 Å². The molecule has 3 rings (SSSR count). The predicted octanol–water partition coefficient (Wildman–Crippen LogP) is 2.01. The van der Waals surface area contributed by atoms with Gasteiger partial charge in [-0.05, 0) is 37.8 Å². The summed E-state index contributed by atoms with van der Waals surface area (Å²) in [5, 5.41) is 9.38. The minimum atomic E-state index is -0.255.